The molecule has 2 amide bonds. The molecule has 1 aromatic carbocycles. The van der Waals surface area contributed by atoms with Gasteiger partial charge in [0.25, 0.3) is 0 Å². The SMILES string of the molecule is Cc1ccc(F)cc1NC(=O)Nc1ccc2nc(-c3ccccn3)cn2c1. The molecule has 7 heteroatoms. The highest BCUT2D eigenvalue weighted by atomic mass is 19.1. The van der Waals surface area contributed by atoms with Crippen molar-refractivity contribution in [3.05, 3.63) is 78.5 Å². The molecular weight excluding hydrogens is 345 g/mol. The van der Waals surface area contributed by atoms with Gasteiger partial charge in [-0.25, -0.2) is 14.2 Å². The molecule has 0 bridgehead atoms. The Kier molecular flexibility index (Phi) is 4.25. The minimum atomic E-state index is -0.451. The number of nitrogens with zero attached hydrogens (tertiary/aromatic N) is 3. The normalized spacial score (nSPS) is 10.7. The van der Waals surface area contributed by atoms with Gasteiger partial charge in [-0.1, -0.05) is 12.1 Å². The fourth-order valence-electron chi connectivity index (χ4n) is 2.72. The van der Waals surface area contributed by atoms with Crippen molar-refractivity contribution in [2.45, 2.75) is 6.92 Å². The van der Waals surface area contributed by atoms with E-state index in [2.05, 4.69) is 20.6 Å². The highest BCUT2D eigenvalue weighted by molar-refractivity contribution is 6.00. The molecule has 0 fully saturated rings. The van der Waals surface area contributed by atoms with Gasteiger partial charge in [-0.15, -0.1) is 0 Å². The second-order valence-corrected chi connectivity index (χ2v) is 6.06. The van der Waals surface area contributed by atoms with E-state index in [1.165, 1.54) is 12.1 Å². The summed E-state index contributed by atoms with van der Waals surface area (Å²) in [5, 5.41) is 5.40. The number of hydrogen-bond donors (Lipinski definition) is 2. The van der Waals surface area contributed by atoms with Crippen LogP contribution < -0.4 is 10.6 Å². The molecule has 0 spiro atoms. The van der Waals surface area contributed by atoms with Crippen LogP contribution >= 0.6 is 0 Å². The standard InChI is InChI=1S/C20H16FN5O/c1-13-5-6-14(21)10-17(13)25-20(27)23-15-7-8-19-24-18(12-26(19)11-15)16-4-2-3-9-22-16/h2-12H,1H3,(H2,23,25,27). The Hall–Kier alpha value is -3.74. The van der Waals surface area contributed by atoms with Crippen LogP contribution in [0.5, 0.6) is 0 Å². The van der Waals surface area contributed by atoms with Crippen LogP contribution in [0.4, 0.5) is 20.6 Å². The molecule has 2 N–H and O–H groups in total. The van der Waals surface area contributed by atoms with Gasteiger partial charge in [0.05, 0.1) is 11.4 Å². The van der Waals surface area contributed by atoms with Crippen LogP contribution in [0.3, 0.4) is 0 Å². The van der Waals surface area contributed by atoms with Crippen LogP contribution in [0.1, 0.15) is 5.56 Å². The zero-order chi connectivity index (χ0) is 18.8. The van der Waals surface area contributed by atoms with E-state index >= 15 is 0 Å². The number of anilines is 2. The molecule has 3 aromatic heterocycles. The Labute approximate surface area is 154 Å². The molecule has 0 aliphatic heterocycles. The molecule has 3 heterocycles. The first kappa shape index (κ1) is 16.7. The fraction of sp³-hybridized carbons (Fsp3) is 0.0500. The molecule has 0 aliphatic rings. The summed E-state index contributed by atoms with van der Waals surface area (Å²) in [5.41, 5.74) is 4.04. The molecule has 27 heavy (non-hydrogen) atoms. The number of pyridine rings is 2. The highest BCUT2D eigenvalue weighted by Gasteiger charge is 2.09. The third kappa shape index (κ3) is 3.62. The summed E-state index contributed by atoms with van der Waals surface area (Å²) in [5.74, 6) is -0.405. The fourth-order valence-corrected chi connectivity index (χ4v) is 2.72. The molecule has 4 aromatic rings. The van der Waals surface area contributed by atoms with Gasteiger partial charge >= 0.3 is 6.03 Å². The molecule has 0 aliphatic carbocycles. The number of aryl methyl sites for hydroxylation is 1. The number of hydrogen-bond acceptors (Lipinski definition) is 3. The van der Waals surface area contributed by atoms with Crippen molar-refractivity contribution in [3.63, 3.8) is 0 Å². The summed E-state index contributed by atoms with van der Waals surface area (Å²) in [6.45, 7) is 1.80. The number of carbonyl (C=O) groups is 1. The molecule has 6 nitrogen and oxygen atoms in total. The summed E-state index contributed by atoms with van der Waals surface area (Å²) in [6, 6.07) is 13.0. The predicted octanol–water partition coefficient (Wildman–Crippen LogP) is 4.49. The Bertz CT molecular complexity index is 1120. The van der Waals surface area contributed by atoms with Crippen LogP contribution in [0, 0.1) is 12.7 Å². The minimum absolute atomic E-state index is 0.405. The summed E-state index contributed by atoms with van der Waals surface area (Å²) in [7, 11) is 0. The van der Waals surface area contributed by atoms with Gasteiger partial charge in [0.2, 0.25) is 0 Å². The Morgan fingerprint density at radius 3 is 2.74 bits per heavy atom. The van der Waals surface area contributed by atoms with Crippen LogP contribution in [0.25, 0.3) is 17.0 Å². The first-order valence-electron chi connectivity index (χ1n) is 8.33. The van der Waals surface area contributed by atoms with Gasteiger partial charge in [-0.2, -0.15) is 0 Å². The summed E-state index contributed by atoms with van der Waals surface area (Å²) >= 11 is 0. The molecule has 134 valence electrons. The lowest BCUT2D eigenvalue weighted by Crippen LogP contribution is -2.20. The molecule has 0 unspecified atom stereocenters. The monoisotopic (exact) mass is 361 g/mol. The van der Waals surface area contributed by atoms with Crippen molar-refractivity contribution >= 4 is 23.1 Å². The van der Waals surface area contributed by atoms with Crippen molar-refractivity contribution in [2.75, 3.05) is 10.6 Å². The van der Waals surface area contributed by atoms with E-state index in [-0.39, 0.29) is 0 Å². The average Bonchev–Trinajstić information content (AvgIpc) is 3.09. The van der Waals surface area contributed by atoms with Crippen LogP contribution in [-0.4, -0.2) is 20.4 Å². The van der Waals surface area contributed by atoms with Gasteiger partial charge in [-0.3, -0.25) is 4.98 Å². The van der Waals surface area contributed by atoms with E-state index in [1.807, 2.05) is 28.8 Å². The quantitative estimate of drug-likeness (QED) is 0.565. The summed E-state index contributed by atoms with van der Waals surface area (Å²) in [6.07, 6.45) is 5.31. The largest absolute Gasteiger partial charge is 0.323 e. The number of aromatic nitrogens is 3. The maximum absolute atomic E-state index is 13.4. The molecule has 0 saturated carbocycles. The zero-order valence-electron chi connectivity index (χ0n) is 14.5. The van der Waals surface area contributed by atoms with Crippen LogP contribution in [0.15, 0.2) is 67.1 Å². The lowest BCUT2D eigenvalue weighted by atomic mass is 10.2. The van der Waals surface area contributed by atoms with E-state index < -0.39 is 11.8 Å². The van der Waals surface area contributed by atoms with Crippen molar-refractivity contribution in [1.29, 1.82) is 0 Å². The lowest BCUT2D eigenvalue weighted by Gasteiger charge is -2.10. The molecule has 0 saturated heterocycles. The van der Waals surface area contributed by atoms with Crippen molar-refractivity contribution in [3.8, 4) is 11.4 Å². The van der Waals surface area contributed by atoms with Crippen LogP contribution in [0.2, 0.25) is 0 Å². The third-order valence-electron chi connectivity index (χ3n) is 4.08. The predicted molar refractivity (Wildman–Crippen MR) is 102 cm³/mol. The number of rotatable bonds is 3. The lowest BCUT2D eigenvalue weighted by molar-refractivity contribution is 0.262. The second kappa shape index (κ2) is 6.87. The van der Waals surface area contributed by atoms with E-state index in [4.69, 9.17) is 0 Å². The summed E-state index contributed by atoms with van der Waals surface area (Å²) < 4.78 is 15.2. The van der Waals surface area contributed by atoms with Gasteiger partial charge in [0.1, 0.15) is 17.2 Å². The number of fused-ring (bicyclic) bond motifs is 1. The van der Waals surface area contributed by atoms with E-state index in [0.29, 0.717) is 11.4 Å². The molecule has 0 atom stereocenters. The molecule has 4 rings (SSSR count). The average molecular weight is 361 g/mol. The second-order valence-electron chi connectivity index (χ2n) is 6.06. The number of imidazole rings is 1. The van der Waals surface area contributed by atoms with Crippen molar-refractivity contribution < 1.29 is 9.18 Å². The zero-order valence-corrected chi connectivity index (χ0v) is 14.5. The van der Waals surface area contributed by atoms with Gasteiger partial charge in [0, 0.05) is 24.3 Å². The van der Waals surface area contributed by atoms with Gasteiger partial charge < -0.3 is 15.0 Å². The number of nitrogens with one attached hydrogen (secondary N) is 2. The number of urea groups is 1. The van der Waals surface area contributed by atoms with E-state index in [9.17, 15) is 9.18 Å². The minimum Gasteiger partial charge on any atom is -0.307 e. The maximum atomic E-state index is 13.4. The number of benzene rings is 1. The first-order chi connectivity index (χ1) is 13.1. The molecular formula is C20H16FN5O. The van der Waals surface area contributed by atoms with Crippen LogP contribution in [-0.2, 0) is 0 Å². The van der Waals surface area contributed by atoms with Crippen molar-refractivity contribution in [2.24, 2.45) is 0 Å². The number of halogens is 1. The molecule has 0 radical (unpaired) electrons. The maximum Gasteiger partial charge on any atom is 0.323 e. The Morgan fingerprint density at radius 2 is 1.93 bits per heavy atom. The van der Waals surface area contributed by atoms with Crippen molar-refractivity contribution in [1.82, 2.24) is 14.4 Å². The van der Waals surface area contributed by atoms with E-state index in [0.717, 1.165) is 22.6 Å². The first-order valence-corrected chi connectivity index (χ1v) is 8.33. The van der Waals surface area contributed by atoms with Gasteiger partial charge in [0.15, 0.2) is 0 Å². The third-order valence-corrected chi connectivity index (χ3v) is 4.08. The smallest absolute Gasteiger partial charge is 0.307 e. The topological polar surface area (TPSA) is 71.3 Å². The van der Waals surface area contributed by atoms with E-state index in [1.54, 1.807) is 37.5 Å². The number of carbonyl (C=O) groups excluding carboxylic acids is 1. The Morgan fingerprint density at radius 1 is 1.04 bits per heavy atom. The highest BCUT2D eigenvalue weighted by Crippen LogP contribution is 2.19. The van der Waals surface area contributed by atoms with Gasteiger partial charge in [-0.05, 0) is 48.9 Å². The summed E-state index contributed by atoms with van der Waals surface area (Å²) in [4.78, 5) is 21.0. The number of amides is 2. The Balaban J connectivity index is 1.53.